The Hall–Kier alpha value is -2.30. The molecular formula is C18H22N2O3. The molecule has 5 nitrogen and oxygen atoms in total. The summed E-state index contributed by atoms with van der Waals surface area (Å²) in [6.07, 6.45) is 2.50. The van der Waals surface area contributed by atoms with Gasteiger partial charge in [0, 0.05) is 47.6 Å². The Morgan fingerprint density at radius 1 is 1.30 bits per heavy atom. The third-order valence-corrected chi connectivity index (χ3v) is 4.87. The van der Waals surface area contributed by atoms with Gasteiger partial charge in [0.15, 0.2) is 0 Å². The molecule has 0 saturated heterocycles. The van der Waals surface area contributed by atoms with Crippen molar-refractivity contribution in [1.82, 2.24) is 9.88 Å². The van der Waals surface area contributed by atoms with Crippen LogP contribution in [0.1, 0.15) is 48.3 Å². The first-order valence-corrected chi connectivity index (χ1v) is 8.20. The summed E-state index contributed by atoms with van der Waals surface area (Å²) in [4.78, 5) is 29.1. The second-order valence-electron chi connectivity index (χ2n) is 6.17. The molecule has 0 spiro atoms. The van der Waals surface area contributed by atoms with Crippen LogP contribution in [0.15, 0.2) is 18.2 Å². The van der Waals surface area contributed by atoms with Gasteiger partial charge in [0.25, 0.3) is 0 Å². The number of nitrogens with zero attached hydrogens (tertiary/aromatic N) is 1. The van der Waals surface area contributed by atoms with Crippen LogP contribution in [0.4, 0.5) is 0 Å². The fourth-order valence-electron chi connectivity index (χ4n) is 3.43. The molecule has 0 radical (unpaired) electrons. The molecular weight excluding hydrogens is 292 g/mol. The van der Waals surface area contributed by atoms with Gasteiger partial charge in [-0.3, -0.25) is 4.79 Å². The van der Waals surface area contributed by atoms with Gasteiger partial charge in [-0.2, -0.15) is 0 Å². The van der Waals surface area contributed by atoms with Crippen molar-refractivity contribution in [2.75, 3.05) is 6.54 Å². The van der Waals surface area contributed by atoms with Crippen LogP contribution in [0.5, 0.6) is 0 Å². The first kappa shape index (κ1) is 15.6. The molecule has 122 valence electrons. The third kappa shape index (κ3) is 2.71. The largest absolute Gasteiger partial charge is 0.478 e. The minimum Gasteiger partial charge on any atom is -0.478 e. The van der Waals surface area contributed by atoms with Gasteiger partial charge in [0.2, 0.25) is 5.91 Å². The van der Waals surface area contributed by atoms with Crippen LogP contribution in [0, 0.1) is 5.92 Å². The van der Waals surface area contributed by atoms with E-state index < -0.39 is 5.97 Å². The number of amides is 1. The zero-order chi connectivity index (χ0) is 16.6. The van der Waals surface area contributed by atoms with Crippen LogP contribution in [0.25, 0.3) is 10.9 Å². The van der Waals surface area contributed by atoms with Gasteiger partial charge in [0.1, 0.15) is 0 Å². The zero-order valence-corrected chi connectivity index (χ0v) is 13.6. The van der Waals surface area contributed by atoms with Crippen LogP contribution < -0.4 is 0 Å². The summed E-state index contributed by atoms with van der Waals surface area (Å²) in [6, 6.07) is 5.13. The molecule has 5 heteroatoms. The predicted octanol–water partition coefficient (Wildman–Crippen LogP) is 3.19. The van der Waals surface area contributed by atoms with Crippen molar-refractivity contribution in [1.29, 1.82) is 0 Å². The van der Waals surface area contributed by atoms with Crippen LogP contribution in [0.3, 0.4) is 0 Å². The monoisotopic (exact) mass is 314 g/mol. The second-order valence-corrected chi connectivity index (χ2v) is 6.17. The molecule has 0 atom stereocenters. The van der Waals surface area contributed by atoms with Gasteiger partial charge in [-0.25, -0.2) is 4.79 Å². The fourth-order valence-corrected chi connectivity index (χ4v) is 3.43. The van der Waals surface area contributed by atoms with Crippen LogP contribution in [0.2, 0.25) is 0 Å². The maximum atomic E-state index is 12.6. The number of carboxylic acid groups (broad SMARTS) is 1. The van der Waals surface area contributed by atoms with Gasteiger partial charge >= 0.3 is 5.97 Å². The number of aromatic carboxylic acids is 1. The van der Waals surface area contributed by atoms with Gasteiger partial charge in [-0.05, 0) is 31.0 Å². The molecule has 0 aliphatic carbocycles. The number of carbonyl (C=O) groups excluding carboxylic acids is 1. The molecule has 2 aromatic rings. The van der Waals surface area contributed by atoms with Crippen molar-refractivity contribution in [3.8, 4) is 0 Å². The van der Waals surface area contributed by atoms with Gasteiger partial charge in [-0.15, -0.1) is 0 Å². The summed E-state index contributed by atoms with van der Waals surface area (Å²) in [6.45, 7) is 5.38. The first-order chi connectivity index (χ1) is 11.0. The average Bonchev–Trinajstić information content (AvgIpc) is 2.92. The van der Waals surface area contributed by atoms with Crippen LogP contribution in [-0.2, 0) is 17.8 Å². The lowest BCUT2D eigenvalue weighted by atomic mass is 9.98. The third-order valence-electron chi connectivity index (χ3n) is 4.87. The number of aromatic nitrogens is 1. The maximum absolute atomic E-state index is 12.6. The van der Waals surface area contributed by atoms with Crippen molar-refractivity contribution < 1.29 is 14.7 Å². The Morgan fingerprint density at radius 2 is 2.04 bits per heavy atom. The van der Waals surface area contributed by atoms with Gasteiger partial charge in [-0.1, -0.05) is 13.8 Å². The van der Waals surface area contributed by atoms with Crippen molar-refractivity contribution in [3.05, 3.63) is 35.0 Å². The van der Waals surface area contributed by atoms with Gasteiger partial charge < -0.3 is 15.0 Å². The number of fused-ring (bicyclic) bond motifs is 3. The van der Waals surface area contributed by atoms with Crippen LogP contribution in [-0.4, -0.2) is 33.4 Å². The molecule has 0 unspecified atom stereocenters. The smallest absolute Gasteiger partial charge is 0.335 e. The lowest BCUT2D eigenvalue weighted by Crippen LogP contribution is -2.39. The molecule has 2 N–H and O–H groups in total. The quantitative estimate of drug-likeness (QED) is 0.910. The number of benzene rings is 1. The summed E-state index contributed by atoms with van der Waals surface area (Å²) >= 11 is 0. The lowest BCUT2D eigenvalue weighted by Gasteiger charge is -2.30. The van der Waals surface area contributed by atoms with Crippen molar-refractivity contribution in [2.45, 2.75) is 39.7 Å². The highest BCUT2D eigenvalue weighted by molar-refractivity contribution is 5.95. The zero-order valence-electron chi connectivity index (χ0n) is 13.6. The van der Waals surface area contributed by atoms with Gasteiger partial charge in [0.05, 0.1) is 5.56 Å². The molecule has 0 bridgehead atoms. The van der Waals surface area contributed by atoms with E-state index in [0.717, 1.165) is 48.0 Å². The molecule has 23 heavy (non-hydrogen) atoms. The Labute approximate surface area is 135 Å². The van der Waals surface area contributed by atoms with E-state index in [1.54, 1.807) is 12.1 Å². The van der Waals surface area contributed by atoms with Crippen LogP contribution >= 0.6 is 0 Å². The van der Waals surface area contributed by atoms with Crippen molar-refractivity contribution in [3.63, 3.8) is 0 Å². The van der Waals surface area contributed by atoms with E-state index in [2.05, 4.69) is 4.98 Å². The Kier molecular flexibility index (Phi) is 4.11. The Balaban J connectivity index is 1.95. The molecule has 0 fully saturated rings. The molecule has 0 saturated carbocycles. The predicted molar refractivity (Wildman–Crippen MR) is 88.5 cm³/mol. The number of H-pyrrole nitrogens is 1. The lowest BCUT2D eigenvalue weighted by molar-refractivity contribution is -0.136. The normalized spacial score (nSPS) is 14.3. The van der Waals surface area contributed by atoms with Crippen molar-refractivity contribution in [2.24, 2.45) is 5.92 Å². The Morgan fingerprint density at radius 3 is 2.70 bits per heavy atom. The highest BCUT2D eigenvalue weighted by Gasteiger charge is 2.27. The molecule has 1 aromatic carbocycles. The standard InChI is InChI=1S/C18H22N2O3/c1-3-11(4-2)17(21)20-8-7-16-14(10-20)13-9-12(18(22)23)5-6-15(13)19-16/h5-6,9,11,19H,3-4,7-8,10H2,1-2H3,(H,22,23). The molecule has 1 aliphatic heterocycles. The SMILES string of the molecule is CCC(CC)C(=O)N1CCc2[nH]c3ccc(C(=O)O)cc3c2C1. The second kappa shape index (κ2) is 6.07. The topological polar surface area (TPSA) is 73.4 Å². The van der Waals surface area contributed by atoms with E-state index >= 15 is 0 Å². The number of hydrogen-bond donors (Lipinski definition) is 2. The average molecular weight is 314 g/mol. The number of rotatable bonds is 4. The minimum absolute atomic E-state index is 0.0799. The first-order valence-electron chi connectivity index (χ1n) is 8.20. The molecule has 1 aromatic heterocycles. The van der Waals surface area contributed by atoms with E-state index in [1.165, 1.54) is 0 Å². The fraction of sp³-hybridized carbons (Fsp3) is 0.444. The van der Waals surface area contributed by atoms with E-state index in [9.17, 15) is 14.7 Å². The van der Waals surface area contributed by atoms with E-state index in [4.69, 9.17) is 0 Å². The van der Waals surface area contributed by atoms with Crippen molar-refractivity contribution >= 4 is 22.8 Å². The van der Waals surface area contributed by atoms with E-state index in [1.807, 2.05) is 24.8 Å². The molecule has 3 rings (SSSR count). The summed E-state index contributed by atoms with van der Waals surface area (Å²) in [7, 11) is 0. The number of carbonyl (C=O) groups is 2. The number of carboxylic acids is 1. The van der Waals surface area contributed by atoms with E-state index in [-0.39, 0.29) is 17.4 Å². The highest BCUT2D eigenvalue weighted by Crippen LogP contribution is 2.29. The summed E-state index contributed by atoms with van der Waals surface area (Å²) in [5.74, 6) is -0.636. The molecule has 2 heterocycles. The number of nitrogens with one attached hydrogen (secondary N) is 1. The summed E-state index contributed by atoms with van der Waals surface area (Å²) in [5.41, 5.74) is 3.41. The maximum Gasteiger partial charge on any atom is 0.335 e. The number of aromatic amines is 1. The Bertz CT molecular complexity index is 759. The number of hydrogen-bond acceptors (Lipinski definition) is 2. The minimum atomic E-state index is -0.928. The highest BCUT2D eigenvalue weighted by atomic mass is 16.4. The molecule has 1 amide bonds. The molecule has 1 aliphatic rings. The summed E-state index contributed by atoms with van der Waals surface area (Å²) < 4.78 is 0. The summed E-state index contributed by atoms with van der Waals surface area (Å²) in [5, 5.41) is 10.1. The van der Waals surface area contributed by atoms with E-state index in [0.29, 0.717) is 6.54 Å².